The Bertz CT molecular complexity index is 531. The Hall–Kier alpha value is -1.61. The van der Waals surface area contributed by atoms with Gasteiger partial charge in [0.25, 0.3) is 5.56 Å². The summed E-state index contributed by atoms with van der Waals surface area (Å²) < 4.78 is 1.78. The summed E-state index contributed by atoms with van der Waals surface area (Å²) in [5, 5.41) is 4.89. The van der Waals surface area contributed by atoms with Gasteiger partial charge >= 0.3 is 0 Å². The third kappa shape index (κ3) is 2.14. The van der Waals surface area contributed by atoms with Crippen LogP contribution in [0.2, 0.25) is 0 Å². The second kappa shape index (κ2) is 4.94. The molecular weight excluding hydrogens is 200 g/mol. The maximum absolute atomic E-state index is 12.1. The molecule has 3 nitrogen and oxygen atoms in total. The SMILES string of the molecule is CNCCCn1ccc2ccccc2c1=O. The van der Waals surface area contributed by atoms with Crippen LogP contribution in [-0.4, -0.2) is 18.2 Å². The largest absolute Gasteiger partial charge is 0.320 e. The normalized spacial score (nSPS) is 10.8. The number of aromatic nitrogens is 1. The van der Waals surface area contributed by atoms with Gasteiger partial charge in [-0.15, -0.1) is 0 Å². The van der Waals surface area contributed by atoms with Crippen LogP contribution in [-0.2, 0) is 6.54 Å². The van der Waals surface area contributed by atoms with Crippen LogP contribution in [0.1, 0.15) is 6.42 Å². The summed E-state index contributed by atoms with van der Waals surface area (Å²) in [6, 6.07) is 9.70. The molecule has 2 aromatic rings. The highest BCUT2D eigenvalue weighted by Crippen LogP contribution is 2.07. The molecule has 0 fully saturated rings. The van der Waals surface area contributed by atoms with Crippen molar-refractivity contribution in [2.75, 3.05) is 13.6 Å². The van der Waals surface area contributed by atoms with Crippen molar-refractivity contribution in [2.24, 2.45) is 0 Å². The summed E-state index contributed by atoms with van der Waals surface area (Å²) in [6.07, 6.45) is 2.84. The Morgan fingerprint density at radius 3 is 2.88 bits per heavy atom. The van der Waals surface area contributed by atoms with Gasteiger partial charge in [-0.2, -0.15) is 0 Å². The van der Waals surface area contributed by atoms with E-state index < -0.39 is 0 Å². The Kier molecular flexibility index (Phi) is 3.37. The number of pyridine rings is 1. The average molecular weight is 216 g/mol. The molecule has 0 aliphatic heterocycles. The fourth-order valence-electron chi connectivity index (χ4n) is 1.83. The van der Waals surface area contributed by atoms with Gasteiger partial charge in [0.05, 0.1) is 0 Å². The maximum Gasteiger partial charge on any atom is 0.258 e. The molecule has 84 valence electrons. The van der Waals surface area contributed by atoms with Gasteiger partial charge in [-0.05, 0) is 37.5 Å². The summed E-state index contributed by atoms with van der Waals surface area (Å²) in [5.41, 5.74) is 0.106. The standard InChI is InChI=1S/C13H16N2O/c1-14-8-4-9-15-10-7-11-5-2-3-6-12(11)13(15)16/h2-3,5-7,10,14H,4,8-9H2,1H3. The van der Waals surface area contributed by atoms with Crippen molar-refractivity contribution in [3.8, 4) is 0 Å². The van der Waals surface area contributed by atoms with E-state index >= 15 is 0 Å². The van der Waals surface area contributed by atoms with Crippen molar-refractivity contribution >= 4 is 10.8 Å². The summed E-state index contributed by atoms with van der Waals surface area (Å²) in [5.74, 6) is 0. The number of hydrogen-bond donors (Lipinski definition) is 1. The summed E-state index contributed by atoms with van der Waals surface area (Å²) >= 11 is 0. The molecule has 1 aromatic carbocycles. The van der Waals surface area contributed by atoms with E-state index in [1.807, 2.05) is 43.6 Å². The molecule has 1 aromatic heterocycles. The molecule has 0 spiro atoms. The minimum atomic E-state index is 0.106. The van der Waals surface area contributed by atoms with E-state index in [9.17, 15) is 4.79 Å². The second-order valence-electron chi connectivity index (χ2n) is 3.86. The lowest BCUT2D eigenvalue weighted by Gasteiger charge is -2.06. The Morgan fingerprint density at radius 1 is 1.25 bits per heavy atom. The molecular formula is C13H16N2O. The first-order valence-electron chi connectivity index (χ1n) is 5.56. The van der Waals surface area contributed by atoms with Crippen LogP contribution in [0.15, 0.2) is 41.3 Å². The number of aryl methyl sites for hydroxylation is 1. The smallest absolute Gasteiger partial charge is 0.258 e. The highest BCUT2D eigenvalue weighted by atomic mass is 16.1. The first kappa shape index (κ1) is 10.9. The molecule has 0 saturated carbocycles. The van der Waals surface area contributed by atoms with Crippen LogP contribution >= 0.6 is 0 Å². The third-order valence-corrected chi connectivity index (χ3v) is 2.71. The van der Waals surface area contributed by atoms with Crippen molar-refractivity contribution in [1.82, 2.24) is 9.88 Å². The summed E-state index contributed by atoms with van der Waals surface area (Å²) in [4.78, 5) is 12.1. The topological polar surface area (TPSA) is 34.0 Å². The van der Waals surface area contributed by atoms with Crippen LogP contribution < -0.4 is 10.9 Å². The number of nitrogens with one attached hydrogen (secondary N) is 1. The molecule has 16 heavy (non-hydrogen) atoms. The van der Waals surface area contributed by atoms with E-state index in [-0.39, 0.29) is 5.56 Å². The lowest BCUT2D eigenvalue weighted by atomic mass is 10.2. The molecule has 0 unspecified atom stereocenters. The predicted octanol–water partition coefficient (Wildman–Crippen LogP) is 1.61. The summed E-state index contributed by atoms with van der Waals surface area (Å²) in [7, 11) is 1.92. The van der Waals surface area contributed by atoms with Crippen molar-refractivity contribution in [3.05, 3.63) is 46.9 Å². The molecule has 0 amide bonds. The van der Waals surface area contributed by atoms with Crippen LogP contribution in [0.4, 0.5) is 0 Å². The van der Waals surface area contributed by atoms with Crippen molar-refractivity contribution < 1.29 is 0 Å². The fourth-order valence-corrected chi connectivity index (χ4v) is 1.83. The first-order valence-corrected chi connectivity index (χ1v) is 5.56. The van der Waals surface area contributed by atoms with Gasteiger partial charge in [0.2, 0.25) is 0 Å². The van der Waals surface area contributed by atoms with Crippen LogP contribution in [0.3, 0.4) is 0 Å². The first-order chi connectivity index (χ1) is 7.83. The Morgan fingerprint density at radius 2 is 2.06 bits per heavy atom. The number of rotatable bonds is 4. The molecule has 0 aliphatic rings. The van der Waals surface area contributed by atoms with Crippen molar-refractivity contribution in [2.45, 2.75) is 13.0 Å². The molecule has 1 heterocycles. The van der Waals surface area contributed by atoms with Crippen LogP contribution in [0, 0.1) is 0 Å². The van der Waals surface area contributed by atoms with Crippen molar-refractivity contribution in [1.29, 1.82) is 0 Å². The third-order valence-electron chi connectivity index (χ3n) is 2.71. The molecule has 0 aliphatic carbocycles. The second-order valence-corrected chi connectivity index (χ2v) is 3.86. The maximum atomic E-state index is 12.1. The predicted molar refractivity (Wildman–Crippen MR) is 66.8 cm³/mol. The van der Waals surface area contributed by atoms with E-state index in [2.05, 4.69) is 5.32 Å². The molecule has 0 atom stereocenters. The molecule has 0 bridgehead atoms. The molecule has 0 radical (unpaired) electrons. The van der Waals surface area contributed by atoms with Crippen molar-refractivity contribution in [3.63, 3.8) is 0 Å². The van der Waals surface area contributed by atoms with Gasteiger partial charge in [-0.1, -0.05) is 18.2 Å². The van der Waals surface area contributed by atoms with E-state index in [0.29, 0.717) is 0 Å². The quantitative estimate of drug-likeness (QED) is 0.788. The summed E-state index contributed by atoms with van der Waals surface area (Å²) in [6.45, 7) is 1.70. The van der Waals surface area contributed by atoms with E-state index in [1.54, 1.807) is 4.57 Å². The van der Waals surface area contributed by atoms with Crippen LogP contribution in [0.5, 0.6) is 0 Å². The van der Waals surface area contributed by atoms with Gasteiger partial charge in [-0.3, -0.25) is 4.79 Å². The minimum absolute atomic E-state index is 0.106. The van der Waals surface area contributed by atoms with E-state index in [0.717, 1.165) is 30.3 Å². The zero-order chi connectivity index (χ0) is 11.4. The van der Waals surface area contributed by atoms with Gasteiger partial charge in [0.1, 0.15) is 0 Å². The monoisotopic (exact) mass is 216 g/mol. The van der Waals surface area contributed by atoms with Gasteiger partial charge < -0.3 is 9.88 Å². The number of fused-ring (bicyclic) bond motifs is 1. The molecule has 1 N–H and O–H groups in total. The average Bonchev–Trinajstić information content (AvgIpc) is 2.33. The number of hydrogen-bond acceptors (Lipinski definition) is 2. The van der Waals surface area contributed by atoms with Gasteiger partial charge in [-0.25, -0.2) is 0 Å². The fraction of sp³-hybridized carbons (Fsp3) is 0.308. The molecule has 0 saturated heterocycles. The molecule has 3 heteroatoms. The van der Waals surface area contributed by atoms with E-state index in [1.165, 1.54) is 0 Å². The highest BCUT2D eigenvalue weighted by Gasteiger charge is 2.00. The number of nitrogens with zero attached hydrogens (tertiary/aromatic N) is 1. The minimum Gasteiger partial charge on any atom is -0.320 e. The Labute approximate surface area is 94.7 Å². The lowest BCUT2D eigenvalue weighted by Crippen LogP contribution is -2.21. The van der Waals surface area contributed by atoms with Crippen LogP contribution in [0.25, 0.3) is 10.8 Å². The lowest BCUT2D eigenvalue weighted by molar-refractivity contribution is 0.601. The zero-order valence-corrected chi connectivity index (χ0v) is 9.44. The zero-order valence-electron chi connectivity index (χ0n) is 9.44. The number of benzene rings is 1. The van der Waals surface area contributed by atoms with Gasteiger partial charge in [0, 0.05) is 18.1 Å². The Balaban J connectivity index is 2.33. The molecule has 2 rings (SSSR count). The van der Waals surface area contributed by atoms with E-state index in [4.69, 9.17) is 0 Å². The van der Waals surface area contributed by atoms with Gasteiger partial charge in [0.15, 0.2) is 0 Å². The highest BCUT2D eigenvalue weighted by molar-refractivity contribution is 5.81.